The van der Waals surface area contributed by atoms with E-state index < -0.39 is 5.38 Å². The van der Waals surface area contributed by atoms with Gasteiger partial charge in [-0.05, 0) is 24.6 Å². The fraction of sp³-hybridized carbons (Fsp3) is 0.417. The quantitative estimate of drug-likeness (QED) is 0.796. The number of hydrogen-bond acceptors (Lipinski definition) is 2. The Balaban J connectivity index is 2.26. The highest BCUT2D eigenvalue weighted by atomic mass is 35.5. The van der Waals surface area contributed by atoms with E-state index in [0.717, 1.165) is 11.3 Å². The lowest BCUT2D eigenvalue weighted by atomic mass is 10.1. The number of carbonyl (C=O) groups is 1. The number of aryl methyl sites for hydroxylation is 1. The normalized spacial score (nSPS) is 25.2. The van der Waals surface area contributed by atoms with Gasteiger partial charge in [0.1, 0.15) is 5.38 Å². The first-order valence-electron chi connectivity index (χ1n) is 5.26. The van der Waals surface area contributed by atoms with E-state index >= 15 is 0 Å². The Morgan fingerprint density at radius 3 is 2.88 bits per heavy atom. The van der Waals surface area contributed by atoms with Gasteiger partial charge in [-0.2, -0.15) is 0 Å². The van der Waals surface area contributed by atoms with Crippen molar-refractivity contribution < 1.29 is 9.90 Å². The lowest BCUT2D eigenvalue weighted by molar-refractivity contribution is -0.117. The number of nitrogens with zero attached hydrogens (tertiary/aromatic N) is 1. The third-order valence-corrected chi connectivity index (χ3v) is 3.42. The summed E-state index contributed by atoms with van der Waals surface area (Å²) >= 11 is 5.96. The molecule has 0 saturated carbocycles. The van der Waals surface area contributed by atoms with Crippen LogP contribution >= 0.6 is 11.6 Å². The number of alkyl halides is 1. The first-order chi connectivity index (χ1) is 7.63. The van der Waals surface area contributed by atoms with Crippen molar-refractivity contribution in [3.63, 3.8) is 0 Å². The van der Waals surface area contributed by atoms with Crippen LogP contribution in [0.4, 0.5) is 5.69 Å². The van der Waals surface area contributed by atoms with E-state index in [1.807, 2.05) is 31.2 Å². The molecule has 1 aromatic carbocycles. The van der Waals surface area contributed by atoms with E-state index in [4.69, 9.17) is 16.7 Å². The van der Waals surface area contributed by atoms with Crippen LogP contribution in [0.25, 0.3) is 0 Å². The van der Waals surface area contributed by atoms with Crippen LogP contribution in [0, 0.1) is 12.8 Å². The number of anilines is 1. The first kappa shape index (κ1) is 11.4. The molecule has 1 aliphatic rings. The van der Waals surface area contributed by atoms with Crippen molar-refractivity contribution in [2.24, 2.45) is 5.92 Å². The minimum absolute atomic E-state index is 0.0534. The minimum atomic E-state index is -0.606. The minimum Gasteiger partial charge on any atom is -0.396 e. The monoisotopic (exact) mass is 239 g/mol. The van der Waals surface area contributed by atoms with Crippen LogP contribution in [0.2, 0.25) is 0 Å². The van der Waals surface area contributed by atoms with Gasteiger partial charge in [-0.3, -0.25) is 4.79 Å². The third-order valence-electron chi connectivity index (χ3n) is 2.88. The molecule has 0 aliphatic carbocycles. The highest BCUT2D eigenvalue weighted by molar-refractivity contribution is 6.34. The Hall–Kier alpha value is -1.06. The van der Waals surface area contributed by atoms with E-state index in [0.29, 0.717) is 6.54 Å². The topological polar surface area (TPSA) is 40.5 Å². The smallest absolute Gasteiger partial charge is 0.245 e. The van der Waals surface area contributed by atoms with Crippen LogP contribution in [-0.2, 0) is 4.79 Å². The van der Waals surface area contributed by atoms with Gasteiger partial charge < -0.3 is 10.0 Å². The summed E-state index contributed by atoms with van der Waals surface area (Å²) in [5, 5.41) is 8.50. The predicted molar refractivity (Wildman–Crippen MR) is 63.7 cm³/mol. The van der Waals surface area contributed by atoms with E-state index in [2.05, 4.69) is 0 Å². The van der Waals surface area contributed by atoms with Crippen LogP contribution in [0.15, 0.2) is 24.3 Å². The molecule has 1 saturated heterocycles. The molecule has 4 heteroatoms. The lowest BCUT2D eigenvalue weighted by Crippen LogP contribution is -2.27. The molecule has 1 fully saturated rings. The molecule has 0 radical (unpaired) electrons. The van der Waals surface area contributed by atoms with Crippen LogP contribution in [0.1, 0.15) is 5.56 Å². The van der Waals surface area contributed by atoms with Gasteiger partial charge in [-0.1, -0.05) is 12.1 Å². The molecule has 86 valence electrons. The lowest BCUT2D eigenvalue weighted by Gasteiger charge is -2.16. The first-order valence-corrected chi connectivity index (χ1v) is 5.70. The Bertz CT molecular complexity index is 408. The molecule has 2 atom stereocenters. The fourth-order valence-electron chi connectivity index (χ4n) is 1.95. The van der Waals surface area contributed by atoms with Gasteiger partial charge in [-0.15, -0.1) is 11.6 Å². The molecule has 1 aliphatic heterocycles. The van der Waals surface area contributed by atoms with Crippen molar-refractivity contribution in [2.75, 3.05) is 18.1 Å². The molecule has 0 unspecified atom stereocenters. The number of rotatable bonds is 2. The molecule has 3 nitrogen and oxygen atoms in total. The van der Waals surface area contributed by atoms with E-state index in [1.165, 1.54) is 0 Å². The van der Waals surface area contributed by atoms with Crippen molar-refractivity contribution in [3.8, 4) is 0 Å². The Kier molecular flexibility index (Phi) is 3.17. The summed E-state index contributed by atoms with van der Waals surface area (Å²) in [5.41, 5.74) is 1.95. The van der Waals surface area contributed by atoms with E-state index in [9.17, 15) is 4.79 Å². The zero-order valence-electron chi connectivity index (χ0n) is 9.06. The van der Waals surface area contributed by atoms with Gasteiger partial charge >= 0.3 is 0 Å². The molecular weight excluding hydrogens is 226 g/mol. The predicted octanol–water partition coefficient (Wildman–Crippen LogP) is 1.56. The Morgan fingerprint density at radius 1 is 1.56 bits per heavy atom. The molecule has 0 aromatic heterocycles. The maximum Gasteiger partial charge on any atom is 0.245 e. The van der Waals surface area contributed by atoms with Gasteiger partial charge in [0, 0.05) is 24.8 Å². The largest absolute Gasteiger partial charge is 0.396 e. The Labute approximate surface area is 99.6 Å². The number of aliphatic hydroxyl groups excluding tert-OH is 1. The third kappa shape index (κ3) is 1.93. The molecule has 2 rings (SSSR count). The van der Waals surface area contributed by atoms with Crippen molar-refractivity contribution in [2.45, 2.75) is 12.3 Å². The second kappa shape index (κ2) is 4.44. The molecule has 0 bridgehead atoms. The molecule has 1 heterocycles. The number of benzene rings is 1. The van der Waals surface area contributed by atoms with Crippen molar-refractivity contribution in [3.05, 3.63) is 29.8 Å². The summed E-state index contributed by atoms with van der Waals surface area (Å²) in [6.07, 6.45) is 0. The number of hydrogen-bond donors (Lipinski definition) is 1. The molecule has 16 heavy (non-hydrogen) atoms. The zero-order valence-corrected chi connectivity index (χ0v) is 9.81. The number of halogens is 1. The molecular formula is C12H14ClNO2. The van der Waals surface area contributed by atoms with E-state index in [-0.39, 0.29) is 18.4 Å². The number of aliphatic hydroxyl groups is 1. The Morgan fingerprint density at radius 2 is 2.31 bits per heavy atom. The van der Waals surface area contributed by atoms with Crippen LogP contribution in [-0.4, -0.2) is 29.5 Å². The van der Waals surface area contributed by atoms with Crippen LogP contribution < -0.4 is 4.90 Å². The van der Waals surface area contributed by atoms with Gasteiger partial charge in [0.25, 0.3) is 0 Å². The maximum atomic E-state index is 11.9. The standard InChI is InChI=1S/C12H14ClNO2/c1-8-3-2-4-10(5-8)14-6-9(7-15)11(13)12(14)16/h2-5,9,11,15H,6-7H2,1H3/t9-,11-/m1/s1. The highest BCUT2D eigenvalue weighted by Gasteiger charge is 2.39. The van der Waals surface area contributed by atoms with Gasteiger partial charge in [-0.25, -0.2) is 0 Å². The summed E-state index contributed by atoms with van der Waals surface area (Å²) in [4.78, 5) is 13.5. The summed E-state index contributed by atoms with van der Waals surface area (Å²) in [5.74, 6) is -0.291. The van der Waals surface area contributed by atoms with E-state index in [1.54, 1.807) is 4.90 Å². The van der Waals surface area contributed by atoms with Gasteiger partial charge in [0.05, 0.1) is 0 Å². The summed E-state index contributed by atoms with van der Waals surface area (Å²) < 4.78 is 0. The average Bonchev–Trinajstić information content (AvgIpc) is 2.56. The average molecular weight is 240 g/mol. The van der Waals surface area contributed by atoms with Crippen LogP contribution in [0.5, 0.6) is 0 Å². The molecule has 1 amide bonds. The SMILES string of the molecule is Cc1cccc(N2C[C@H](CO)[C@@H](Cl)C2=O)c1. The fourth-order valence-corrected chi connectivity index (χ4v) is 2.22. The number of amides is 1. The zero-order chi connectivity index (χ0) is 11.7. The van der Waals surface area contributed by atoms with Crippen molar-refractivity contribution in [1.29, 1.82) is 0 Å². The summed E-state index contributed by atoms with van der Waals surface area (Å²) in [7, 11) is 0. The maximum absolute atomic E-state index is 11.9. The molecule has 0 spiro atoms. The number of carbonyl (C=O) groups excluding carboxylic acids is 1. The van der Waals surface area contributed by atoms with Crippen molar-refractivity contribution >= 4 is 23.2 Å². The molecule has 1 N–H and O–H groups in total. The highest BCUT2D eigenvalue weighted by Crippen LogP contribution is 2.28. The summed E-state index contributed by atoms with van der Waals surface area (Å²) in [6, 6.07) is 7.72. The second-order valence-corrected chi connectivity index (χ2v) is 4.60. The molecule has 1 aromatic rings. The van der Waals surface area contributed by atoms with Gasteiger partial charge in [0.2, 0.25) is 5.91 Å². The van der Waals surface area contributed by atoms with Gasteiger partial charge in [0.15, 0.2) is 0 Å². The summed E-state index contributed by atoms with van der Waals surface area (Å²) in [6.45, 7) is 2.42. The van der Waals surface area contributed by atoms with Crippen molar-refractivity contribution in [1.82, 2.24) is 0 Å². The second-order valence-electron chi connectivity index (χ2n) is 4.13. The van der Waals surface area contributed by atoms with Crippen LogP contribution in [0.3, 0.4) is 0 Å².